The average molecular weight is 243 g/mol. The molecule has 0 aliphatic carbocycles. The molecule has 0 aliphatic rings. The number of hydrogen-bond donors (Lipinski definition) is 1. The predicted octanol–water partition coefficient (Wildman–Crippen LogP) is 2.72. The van der Waals surface area contributed by atoms with E-state index in [0.29, 0.717) is 0 Å². The van der Waals surface area contributed by atoms with Crippen LogP contribution >= 0.6 is 11.3 Å². The van der Waals surface area contributed by atoms with Crippen molar-refractivity contribution in [2.75, 3.05) is 20.8 Å². The van der Waals surface area contributed by atoms with Gasteiger partial charge in [-0.3, -0.25) is 0 Å². The van der Waals surface area contributed by atoms with Crippen LogP contribution < -0.4 is 5.32 Å². The molecule has 92 valence electrons. The van der Waals surface area contributed by atoms with Crippen molar-refractivity contribution in [3.05, 3.63) is 21.9 Å². The van der Waals surface area contributed by atoms with Gasteiger partial charge in [-0.25, -0.2) is 0 Å². The molecule has 1 atom stereocenters. The minimum Gasteiger partial charge on any atom is -0.354 e. The van der Waals surface area contributed by atoms with Crippen molar-refractivity contribution in [2.45, 2.75) is 32.6 Å². The molecule has 0 aromatic carbocycles. The van der Waals surface area contributed by atoms with Gasteiger partial charge in [-0.2, -0.15) is 0 Å². The van der Waals surface area contributed by atoms with Crippen molar-refractivity contribution in [2.24, 2.45) is 0 Å². The summed E-state index contributed by atoms with van der Waals surface area (Å²) in [6, 6.07) is 2.25. The zero-order valence-electron chi connectivity index (χ0n) is 10.4. The Labute approximate surface area is 102 Å². The molecule has 4 heteroatoms. The number of ether oxygens (including phenoxy) is 2. The van der Waals surface area contributed by atoms with Crippen LogP contribution in [0.2, 0.25) is 0 Å². The molecular weight excluding hydrogens is 222 g/mol. The number of thiophene rings is 1. The topological polar surface area (TPSA) is 30.5 Å². The lowest BCUT2D eigenvalue weighted by Gasteiger charge is -2.26. The molecule has 0 fully saturated rings. The SMILES string of the molecule is CCCNC(c1ccsc1C)C(OC)OC. The Balaban J connectivity index is 2.82. The van der Waals surface area contributed by atoms with E-state index in [2.05, 4.69) is 30.6 Å². The van der Waals surface area contributed by atoms with Crippen molar-refractivity contribution < 1.29 is 9.47 Å². The lowest BCUT2D eigenvalue weighted by molar-refractivity contribution is -0.124. The summed E-state index contributed by atoms with van der Waals surface area (Å²) >= 11 is 1.75. The van der Waals surface area contributed by atoms with Gasteiger partial charge < -0.3 is 14.8 Å². The molecule has 1 rings (SSSR count). The number of methoxy groups -OCH3 is 2. The maximum absolute atomic E-state index is 5.36. The van der Waals surface area contributed by atoms with E-state index in [9.17, 15) is 0 Å². The highest BCUT2D eigenvalue weighted by molar-refractivity contribution is 7.10. The van der Waals surface area contributed by atoms with Crippen LogP contribution in [0.25, 0.3) is 0 Å². The minimum absolute atomic E-state index is 0.112. The highest BCUT2D eigenvalue weighted by Crippen LogP contribution is 2.26. The van der Waals surface area contributed by atoms with Gasteiger partial charge in [-0.15, -0.1) is 11.3 Å². The number of rotatable bonds is 7. The number of aryl methyl sites for hydroxylation is 1. The summed E-state index contributed by atoms with van der Waals surface area (Å²) in [6.45, 7) is 5.24. The van der Waals surface area contributed by atoms with Gasteiger partial charge in [-0.1, -0.05) is 6.92 Å². The Morgan fingerprint density at radius 3 is 2.50 bits per heavy atom. The van der Waals surface area contributed by atoms with Crippen molar-refractivity contribution in [1.82, 2.24) is 5.32 Å². The van der Waals surface area contributed by atoms with E-state index in [0.717, 1.165) is 13.0 Å². The molecule has 1 aromatic heterocycles. The molecule has 0 spiro atoms. The third-order valence-electron chi connectivity index (χ3n) is 2.59. The van der Waals surface area contributed by atoms with Gasteiger partial charge in [0.2, 0.25) is 0 Å². The molecule has 1 heterocycles. The first-order valence-corrected chi connectivity index (χ1v) is 6.45. The molecule has 0 amide bonds. The number of nitrogens with one attached hydrogen (secondary N) is 1. The van der Waals surface area contributed by atoms with E-state index < -0.39 is 0 Å². The van der Waals surface area contributed by atoms with E-state index in [4.69, 9.17) is 9.47 Å². The van der Waals surface area contributed by atoms with Crippen molar-refractivity contribution in [1.29, 1.82) is 0 Å². The van der Waals surface area contributed by atoms with Crippen LogP contribution in [-0.2, 0) is 9.47 Å². The lowest BCUT2D eigenvalue weighted by Crippen LogP contribution is -2.35. The van der Waals surface area contributed by atoms with E-state index in [1.54, 1.807) is 25.6 Å². The first-order chi connectivity index (χ1) is 7.74. The molecule has 16 heavy (non-hydrogen) atoms. The number of hydrogen-bond acceptors (Lipinski definition) is 4. The smallest absolute Gasteiger partial charge is 0.176 e. The van der Waals surface area contributed by atoms with Crippen molar-refractivity contribution >= 4 is 11.3 Å². The van der Waals surface area contributed by atoms with E-state index in [1.807, 2.05) is 0 Å². The summed E-state index contributed by atoms with van der Waals surface area (Å²) in [6.07, 6.45) is 0.861. The largest absolute Gasteiger partial charge is 0.354 e. The van der Waals surface area contributed by atoms with Gasteiger partial charge in [0.15, 0.2) is 6.29 Å². The van der Waals surface area contributed by atoms with Gasteiger partial charge in [0.25, 0.3) is 0 Å². The predicted molar refractivity (Wildman–Crippen MR) is 67.9 cm³/mol. The monoisotopic (exact) mass is 243 g/mol. The molecular formula is C12H21NO2S. The summed E-state index contributed by atoms with van der Waals surface area (Å²) in [5.74, 6) is 0. The molecule has 1 unspecified atom stereocenters. The lowest BCUT2D eigenvalue weighted by atomic mass is 10.1. The van der Waals surface area contributed by atoms with Crippen LogP contribution in [0, 0.1) is 6.92 Å². The minimum atomic E-state index is -0.236. The molecule has 0 aliphatic heterocycles. The third-order valence-corrected chi connectivity index (χ3v) is 3.45. The molecule has 0 saturated carbocycles. The zero-order valence-corrected chi connectivity index (χ0v) is 11.3. The maximum atomic E-state index is 5.36. The standard InChI is InChI=1S/C12H21NO2S/c1-5-7-13-11(12(14-3)15-4)10-6-8-16-9(10)2/h6,8,11-13H,5,7H2,1-4H3. The van der Waals surface area contributed by atoms with Crippen LogP contribution in [0.3, 0.4) is 0 Å². The summed E-state index contributed by atoms with van der Waals surface area (Å²) < 4.78 is 10.7. The maximum Gasteiger partial charge on any atom is 0.176 e. The molecule has 0 saturated heterocycles. The second-order valence-corrected chi connectivity index (χ2v) is 4.82. The van der Waals surface area contributed by atoms with E-state index >= 15 is 0 Å². The first-order valence-electron chi connectivity index (χ1n) is 5.57. The third kappa shape index (κ3) is 3.28. The summed E-state index contributed by atoms with van der Waals surface area (Å²) in [7, 11) is 3.35. The van der Waals surface area contributed by atoms with E-state index in [1.165, 1.54) is 10.4 Å². The van der Waals surface area contributed by atoms with Crippen LogP contribution in [-0.4, -0.2) is 27.1 Å². The first kappa shape index (κ1) is 13.6. The van der Waals surface area contributed by atoms with Crippen molar-refractivity contribution in [3.63, 3.8) is 0 Å². The van der Waals surface area contributed by atoms with Gasteiger partial charge in [0.1, 0.15) is 0 Å². The van der Waals surface area contributed by atoms with Crippen LogP contribution in [0.5, 0.6) is 0 Å². The van der Waals surface area contributed by atoms with Gasteiger partial charge in [0.05, 0.1) is 6.04 Å². The molecule has 1 N–H and O–H groups in total. The molecule has 0 bridgehead atoms. The van der Waals surface area contributed by atoms with Gasteiger partial charge >= 0.3 is 0 Å². The Kier molecular flexibility index (Phi) is 5.98. The second kappa shape index (κ2) is 7.01. The van der Waals surface area contributed by atoms with Crippen LogP contribution in [0.4, 0.5) is 0 Å². The summed E-state index contributed by atoms with van der Waals surface area (Å²) in [5.41, 5.74) is 1.27. The van der Waals surface area contributed by atoms with Gasteiger partial charge in [-0.05, 0) is 36.9 Å². The van der Waals surface area contributed by atoms with Gasteiger partial charge in [0, 0.05) is 19.1 Å². The highest BCUT2D eigenvalue weighted by Gasteiger charge is 2.24. The Hall–Kier alpha value is -0.420. The van der Waals surface area contributed by atoms with Crippen LogP contribution in [0.1, 0.15) is 29.8 Å². The Bertz CT molecular complexity index is 297. The fourth-order valence-electron chi connectivity index (χ4n) is 1.74. The fraction of sp³-hybridized carbons (Fsp3) is 0.667. The van der Waals surface area contributed by atoms with Crippen molar-refractivity contribution in [3.8, 4) is 0 Å². The highest BCUT2D eigenvalue weighted by atomic mass is 32.1. The normalized spacial score (nSPS) is 13.3. The zero-order chi connectivity index (χ0) is 12.0. The fourth-order valence-corrected chi connectivity index (χ4v) is 2.49. The Morgan fingerprint density at radius 2 is 2.06 bits per heavy atom. The van der Waals surface area contributed by atoms with E-state index in [-0.39, 0.29) is 12.3 Å². The second-order valence-electron chi connectivity index (χ2n) is 3.70. The average Bonchev–Trinajstić information content (AvgIpc) is 2.71. The van der Waals surface area contributed by atoms with Crippen LogP contribution in [0.15, 0.2) is 11.4 Å². The summed E-state index contributed by atoms with van der Waals surface area (Å²) in [4.78, 5) is 1.31. The molecule has 0 radical (unpaired) electrons. The summed E-state index contributed by atoms with van der Waals surface area (Å²) in [5, 5.41) is 5.58. The molecule has 3 nitrogen and oxygen atoms in total. The Morgan fingerprint density at radius 1 is 1.38 bits per heavy atom. The molecule has 1 aromatic rings. The quantitative estimate of drug-likeness (QED) is 0.747.